The zero-order valence-corrected chi connectivity index (χ0v) is 12.6. The largest absolute Gasteiger partial charge is 0.433 e. The van der Waals surface area contributed by atoms with Crippen molar-refractivity contribution in [1.82, 2.24) is 14.9 Å². The van der Waals surface area contributed by atoms with Crippen molar-refractivity contribution in [1.29, 1.82) is 0 Å². The Morgan fingerprint density at radius 3 is 2.67 bits per heavy atom. The second-order valence-electron chi connectivity index (χ2n) is 5.49. The fourth-order valence-corrected chi connectivity index (χ4v) is 2.58. The molecule has 0 bridgehead atoms. The Kier molecular flexibility index (Phi) is 4.37. The van der Waals surface area contributed by atoms with E-state index in [-0.39, 0.29) is 11.9 Å². The van der Waals surface area contributed by atoms with Gasteiger partial charge in [0.1, 0.15) is 11.7 Å². The summed E-state index contributed by atoms with van der Waals surface area (Å²) in [5.41, 5.74) is -0.0339. The number of rotatable bonds is 4. The zero-order valence-electron chi connectivity index (χ0n) is 12.6. The van der Waals surface area contributed by atoms with Crippen LogP contribution in [0.1, 0.15) is 17.7 Å². The van der Waals surface area contributed by atoms with Crippen LogP contribution in [0.4, 0.5) is 19.1 Å². The Morgan fingerprint density at radius 1 is 1.21 bits per heavy atom. The molecule has 1 aliphatic rings. The predicted octanol–water partition coefficient (Wildman–Crippen LogP) is 2.71. The Balaban J connectivity index is 1.66. The molecule has 3 rings (SSSR count). The number of anilines is 1. The van der Waals surface area contributed by atoms with Gasteiger partial charge in [-0.15, -0.1) is 0 Å². The van der Waals surface area contributed by atoms with E-state index >= 15 is 0 Å². The lowest BCUT2D eigenvalue weighted by Gasteiger charge is -2.17. The highest BCUT2D eigenvalue weighted by molar-refractivity contribution is 5.86. The third-order valence-corrected chi connectivity index (χ3v) is 3.76. The number of benzene rings is 1. The maximum atomic E-state index is 12.7. The molecule has 0 radical (unpaired) electrons. The van der Waals surface area contributed by atoms with E-state index in [1.165, 1.54) is 0 Å². The monoisotopic (exact) mass is 336 g/mol. The minimum Gasteiger partial charge on any atom is -0.342 e. The van der Waals surface area contributed by atoms with E-state index in [2.05, 4.69) is 15.3 Å². The van der Waals surface area contributed by atoms with E-state index in [0.29, 0.717) is 19.5 Å². The summed E-state index contributed by atoms with van der Waals surface area (Å²) in [6.45, 7) is 1.01. The van der Waals surface area contributed by atoms with Crippen LogP contribution < -0.4 is 5.32 Å². The molecule has 1 amide bonds. The van der Waals surface area contributed by atoms with E-state index in [0.717, 1.165) is 17.8 Å². The van der Waals surface area contributed by atoms with Gasteiger partial charge in [0, 0.05) is 19.3 Å². The summed E-state index contributed by atoms with van der Waals surface area (Å²) >= 11 is 0. The molecule has 24 heavy (non-hydrogen) atoms. The van der Waals surface area contributed by atoms with Crippen LogP contribution in [0.5, 0.6) is 0 Å². The minimum absolute atomic E-state index is 0.167. The highest BCUT2D eigenvalue weighted by Gasteiger charge is 2.35. The summed E-state index contributed by atoms with van der Waals surface area (Å²) in [5, 5.41) is 2.71. The third-order valence-electron chi connectivity index (χ3n) is 3.76. The van der Waals surface area contributed by atoms with E-state index in [9.17, 15) is 18.0 Å². The lowest BCUT2D eigenvalue weighted by Crippen LogP contribution is -2.33. The van der Waals surface area contributed by atoms with Crippen LogP contribution >= 0.6 is 0 Å². The summed E-state index contributed by atoms with van der Waals surface area (Å²) in [5.74, 6) is -0.357. The number of alkyl halides is 3. The number of carbonyl (C=O) groups excluding carboxylic acids is 1. The predicted molar refractivity (Wildman–Crippen MR) is 80.9 cm³/mol. The number of nitrogens with one attached hydrogen (secondary N) is 1. The Morgan fingerprint density at radius 2 is 1.96 bits per heavy atom. The number of carbonyl (C=O) groups is 1. The standard InChI is InChI=1S/C16H15F3N4O/c17-16(18,19)13-6-8-20-15(22-13)21-12-7-9-23(14(12)24)10-11-4-2-1-3-5-11/h1-6,8,12H,7,9-10H2,(H,20,21,22)/t12-/m0/s1. The van der Waals surface area contributed by atoms with Gasteiger partial charge in [0.05, 0.1) is 0 Å². The van der Waals surface area contributed by atoms with E-state index in [4.69, 9.17) is 0 Å². The average Bonchev–Trinajstić information content (AvgIpc) is 2.89. The van der Waals surface area contributed by atoms with Crippen molar-refractivity contribution in [2.24, 2.45) is 0 Å². The lowest BCUT2D eigenvalue weighted by atomic mass is 10.2. The number of likely N-dealkylation sites (tertiary alicyclic amines) is 1. The summed E-state index contributed by atoms with van der Waals surface area (Å²) < 4.78 is 38.0. The van der Waals surface area contributed by atoms with Gasteiger partial charge in [0.2, 0.25) is 11.9 Å². The van der Waals surface area contributed by atoms with Gasteiger partial charge in [-0.2, -0.15) is 13.2 Å². The van der Waals surface area contributed by atoms with Gasteiger partial charge in [-0.05, 0) is 18.1 Å². The third kappa shape index (κ3) is 3.64. The smallest absolute Gasteiger partial charge is 0.342 e. The Bertz CT molecular complexity index is 721. The number of halogens is 3. The molecule has 2 aromatic rings. The van der Waals surface area contributed by atoms with Crippen LogP contribution in [0, 0.1) is 0 Å². The van der Waals surface area contributed by atoms with Gasteiger partial charge in [0.25, 0.3) is 0 Å². The first-order chi connectivity index (χ1) is 11.4. The molecule has 126 valence electrons. The van der Waals surface area contributed by atoms with Crippen LogP contribution in [-0.2, 0) is 17.5 Å². The molecule has 1 aliphatic heterocycles. The number of hydrogen-bond donors (Lipinski definition) is 1. The molecule has 0 unspecified atom stereocenters. The molecule has 5 nitrogen and oxygen atoms in total. The van der Waals surface area contributed by atoms with Gasteiger partial charge in [0.15, 0.2) is 0 Å². The maximum absolute atomic E-state index is 12.7. The van der Waals surface area contributed by atoms with Crippen molar-refractivity contribution in [3.8, 4) is 0 Å². The molecule has 1 aromatic heterocycles. The molecule has 1 fully saturated rings. The molecular formula is C16H15F3N4O. The molecule has 1 N–H and O–H groups in total. The van der Waals surface area contributed by atoms with Crippen LogP contribution in [-0.4, -0.2) is 33.4 Å². The first kappa shape index (κ1) is 16.2. The average molecular weight is 336 g/mol. The van der Waals surface area contributed by atoms with Crippen molar-refractivity contribution >= 4 is 11.9 Å². The van der Waals surface area contributed by atoms with Crippen molar-refractivity contribution in [3.63, 3.8) is 0 Å². The van der Waals surface area contributed by atoms with Gasteiger partial charge in [-0.1, -0.05) is 30.3 Å². The van der Waals surface area contributed by atoms with Crippen molar-refractivity contribution in [3.05, 3.63) is 53.9 Å². The second-order valence-corrected chi connectivity index (χ2v) is 5.49. The highest BCUT2D eigenvalue weighted by Crippen LogP contribution is 2.28. The summed E-state index contributed by atoms with van der Waals surface area (Å²) in [4.78, 5) is 21.2. The maximum Gasteiger partial charge on any atom is 0.433 e. The molecule has 1 saturated heterocycles. The van der Waals surface area contributed by atoms with Gasteiger partial charge in [-0.3, -0.25) is 4.79 Å². The zero-order chi connectivity index (χ0) is 17.2. The summed E-state index contributed by atoms with van der Waals surface area (Å²) in [6.07, 6.45) is -3.02. The molecule has 0 aliphatic carbocycles. The van der Waals surface area contributed by atoms with Gasteiger partial charge < -0.3 is 10.2 Å². The molecule has 1 aromatic carbocycles. The van der Waals surface area contributed by atoms with E-state index < -0.39 is 17.9 Å². The first-order valence-electron chi connectivity index (χ1n) is 7.43. The molecule has 0 spiro atoms. The van der Waals surface area contributed by atoms with Crippen LogP contribution in [0.3, 0.4) is 0 Å². The first-order valence-corrected chi connectivity index (χ1v) is 7.43. The lowest BCUT2D eigenvalue weighted by molar-refractivity contribution is -0.141. The summed E-state index contributed by atoms with van der Waals surface area (Å²) in [7, 11) is 0. The second kappa shape index (κ2) is 6.46. The Labute approximate surface area is 136 Å². The molecular weight excluding hydrogens is 321 g/mol. The number of nitrogens with zero attached hydrogens (tertiary/aromatic N) is 3. The fourth-order valence-electron chi connectivity index (χ4n) is 2.58. The van der Waals surface area contributed by atoms with Crippen molar-refractivity contribution in [2.45, 2.75) is 25.2 Å². The topological polar surface area (TPSA) is 58.1 Å². The van der Waals surface area contributed by atoms with Crippen molar-refractivity contribution in [2.75, 3.05) is 11.9 Å². The highest BCUT2D eigenvalue weighted by atomic mass is 19.4. The van der Waals surface area contributed by atoms with Crippen LogP contribution in [0.2, 0.25) is 0 Å². The fraction of sp³-hybridized carbons (Fsp3) is 0.312. The quantitative estimate of drug-likeness (QED) is 0.933. The van der Waals surface area contributed by atoms with Crippen LogP contribution in [0.25, 0.3) is 0 Å². The number of aromatic nitrogens is 2. The minimum atomic E-state index is -4.54. The normalized spacial score (nSPS) is 18.0. The van der Waals surface area contributed by atoms with E-state index in [1.54, 1.807) is 4.90 Å². The van der Waals surface area contributed by atoms with Gasteiger partial charge >= 0.3 is 6.18 Å². The SMILES string of the molecule is O=C1[C@@H](Nc2nccc(C(F)(F)F)n2)CCN1Cc1ccccc1. The molecule has 0 saturated carbocycles. The molecule has 8 heteroatoms. The van der Waals surface area contributed by atoms with Crippen molar-refractivity contribution < 1.29 is 18.0 Å². The Hall–Kier alpha value is -2.64. The molecule has 1 atom stereocenters. The number of hydrogen-bond acceptors (Lipinski definition) is 4. The molecule has 2 heterocycles. The van der Waals surface area contributed by atoms with E-state index in [1.807, 2.05) is 30.3 Å². The van der Waals surface area contributed by atoms with Crippen LogP contribution in [0.15, 0.2) is 42.6 Å². The number of amides is 1. The summed E-state index contributed by atoms with van der Waals surface area (Å²) in [6, 6.07) is 9.70. The van der Waals surface area contributed by atoms with Gasteiger partial charge in [-0.25, -0.2) is 9.97 Å².